The monoisotopic (exact) mass is 262 g/mol. The molecule has 4 unspecified atom stereocenters. The third kappa shape index (κ3) is 2.69. The van der Waals surface area contributed by atoms with Crippen molar-refractivity contribution in [1.82, 2.24) is 0 Å². The molecule has 3 heteroatoms. The van der Waals surface area contributed by atoms with E-state index in [-0.39, 0.29) is 24.2 Å². The summed E-state index contributed by atoms with van der Waals surface area (Å²) in [4.78, 5) is 0. The number of benzene rings is 1. The number of hydrogen-bond donors (Lipinski definition) is 1. The molecule has 0 aliphatic carbocycles. The fourth-order valence-corrected chi connectivity index (χ4v) is 3.32. The Morgan fingerprint density at radius 3 is 2.89 bits per heavy atom. The van der Waals surface area contributed by atoms with Gasteiger partial charge in [-0.1, -0.05) is 24.3 Å². The van der Waals surface area contributed by atoms with Gasteiger partial charge in [-0.15, -0.1) is 0 Å². The van der Waals surface area contributed by atoms with Gasteiger partial charge >= 0.3 is 0 Å². The van der Waals surface area contributed by atoms with Crippen LogP contribution in [0.15, 0.2) is 24.3 Å². The maximum atomic E-state index is 10.4. The van der Waals surface area contributed by atoms with Crippen molar-refractivity contribution < 1.29 is 14.6 Å². The summed E-state index contributed by atoms with van der Waals surface area (Å²) < 4.78 is 11.4. The van der Waals surface area contributed by atoms with Crippen LogP contribution in [-0.2, 0) is 15.9 Å². The summed E-state index contributed by atoms with van der Waals surface area (Å²) in [6.45, 7) is 3.58. The third-order valence-electron chi connectivity index (χ3n) is 4.48. The minimum atomic E-state index is -0.339. The molecule has 1 aromatic rings. The molecular formula is C16H22O3. The first-order valence-electron chi connectivity index (χ1n) is 7.25. The molecule has 2 heterocycles. The molecule has 0 amide bonds. The predicted molar refractivity (Wildman–Crippen MR) is 73.0 cm³/mol. The Labute approximate surface area is 114 Å². The van der Waals surface area contributed by atoms with Crippen LogP contribution >= 0.6 is 0 Å². The number of fused-ring (bicyclic) bond motifs is 1. The van der Waals surface area contributed by atoms with Crippen molar-refractivity contribution in [3.05, 3.63) is 35.4 Å². The molecule has 0 radical (unpaired) electrons. The van der Waals surface area contributed by atoms with E-state index in [0.29, 0.717) is 6.42 Å². The summed E-state index contributed by atoms with van der Waals surface area (Å²) in [6, 6.07) is 8.41. The van der Waals surface area contributed by atoms with Gasteiger partial charge < -0.3 is 14.6 Å². The summed E-state index contributed by atoms with van der Waals surface area (Å²) in [7, 11) is 0. The van der Waals surface area contributed by atoms with Crippen molar-refractivity contribution in [2.24, 2.45) is 5.92 Å². The fraction of sp³-hybridized carbons (Fsp3) is 0.625. The van der Waals surface area contributed by atoms with Crippen LogP contribution < -0.4 is 0 Å². The molecule has 1 saturated heterocycles. The number of rotatable bonds is 3. The predicted octanol–water partition coefficient (Wildman–Crippen LogP) is 2.48. The van der Waals surface area contributed by atoms with Gasteiger partial charge in [-0.2, -0.15) is 0 Å². The second-order valence-corrected chi connectivity index (χ2v) is 5.64. The van der Waals surface area contributed by atoms with E-state index in [4.69, 9.17) is 9.47 Å². The van der Waals surface area contributed by atoms with Crippen molar-refractivity contribution in [2.75, 3.05) is 13.2 Å². The molecule has 19 heavy (non-hydrogen) atoms. The summed E-state index contributed by atoms with van der Waals surface area (Å²) in [6.07, 6.45) is 2.47. The Balaban J connectivity index is 1.70. The van der Waals surface area contributed by atoms with Crippen molar-refractivity contribution in [3.63, 3.8) is 0 Å². The van der Waals surface area contributed by atoms with Crippen molar-refractivity contribution in [2.45, 2.75) is 44.5 Å². The Hall–Kier alpha value is -0.900. The first-order chi connectivity index (χ1) is 9.25. The highest BCUT2D eigenvalue weighted by Crippen LogP contribution is 2.34. The van der Waals surface area contributed by atoms with Crippen LogP contribution in [0.1, 0.15) is 37.0 Å². The quantitative estimate of drug-likeness (QED) is 0.909. The summed E-state index contributed by atoms with van der Waals surface area (Å²) in [5.74, 6) is 0.248. The minimum absolute atomic E-state index is 0.0350. The molecule has 2 aliphatic heterocycles. The standard InChI is InChI=1S/C16H22O3/c1-11-13(7-9-18-11)15(17)10-16-14-5-3-2-4-12(14)6-8-19-16/h2-5,11,13,15-17H,6-10H2,1H3. The molecule has 0 bridgehead atoms. The van der Waals surface area contributed by atoms with Crippen molar-refractivity contribution >= 4 is 0 Å². The first-order valence-corrected chi connectivity index (χ1v) is 7.25. The summed E-state index contributed by atoms with van der Waals surface area (Å²) in [5, 5.41) is 10.4. The van der Waals surface area contributed by atoms with Crippen LogP contribution in [-0.4, -0.2) is 30.5 Å². The van der Waals surface area contributed by atoms with Crippen LogP contribution in [0.4, 0.5) is 0 Å². The van der Waals surface area contributed by atoms with E-state index < -0.39 is 0 Å². The summed E-state index contributed by atoms with van der Waals surface area (Å²) >= 11 is 0. The maximum absolute atomic E-state index is 10.4. The normalized spacial score (nSPS) is 32.0. The molecule has 1 N–H and O–H groups in total. The largest absolute Gasteiger partial charge is 0.393 e. The van der Waals surface area contributed by atoms with E-state index >= 15 is 0 Å². The molecule has 0 aromatic heterocycles. The highest BCUT2D eigenvalue weighted by molar-refractivity contribution is 5.31. The van der Waals surface area contributed by atoms with Gasteiger partial charge in [-0.05, 0) is 30.9 Å². The Bertz CT molecular complexity index is 432. The van der Waals surface area contributed by atoms with Gasteiger partial charge in [0.1, 0.15) is 0 Å². The van der Waals surface area contributed by atoms with E-state index in [9.17, 15) is 5.11 Å². The lowest BCUT2D eigenvalue weighted by Crippen LogP contribution is -2.30. The lowest BCUT2D eigenvalue weighted by Gasteiger charge is -2.30. The number of ether oxygens (including phenoxy) is 2. The molecule has 0 saturated carbocycles. The van der Waals surface area contributed by atoms with Crippen molar-refractivity contribution in [3.8, 4) is 0 Å². The molecule has 104 valence electrons. The Kier molecular flexibility index (Phi) is 3.87. The molecule has 3 nitrogen and oxygen atoms in total. The number of aliphatic hydroxyl groups is 1. The van der Waals surface area contributed by atoms with Crippen molar-refractivity contribution in [1.29, 1.82) is 0 Å². The molecule has 1 fully saturated rings. The third-order valence-corrected chi connectivity index (χ3v) is 4.48. The van der Waals surface area contributed by atoms with E-state index in [1.165, 1.54) is 11.1 Å². The molecule has 1 aromatic carbocycles. The number of aliphatic hydroxyl groups excluding tert-OH is 1. The second-order valence-electron chi connectivity index (χ2n) is 5.64. The summed E-state index contributed by atoms with van der Waals surface area (Å²) in [5.41, 5.74) is 2.61. The average molecular weight is 262 g/mol. The zero-order chi connectivity index (χ0) is 13.2. The Morgan fingerprint density at radius 1 is 1.26 bits per heavy atom. The zero-order valence-electron chi connectivity index (χ0n) is 11.4. The smallest absolute Gasteiger partial charge is 0.0852 e. The lowest BCUT2D eigenvalue weighted by atomic mass is 9.88. The minimum Gasteiger partial charge on any atom is -0.393 e. The van der Waals surface area contributed by atoms with Gasteiger partial charge in [0.25, 0.3) is 0 Å². The van der Waals surface area contributed by atoms with E-state index in [1.54, 1.807) is 0 Å². The second kappa shape index (κ2) is 5.61. The lowest BCUT2D eigenvalue weighted by molar-refractivity contribution is -0.0233. The topological polar surface area (TPSA) is 38.7 Å². The highest BCUT2D eigenvalue weighted by Gasteiger charge is 2.33. The van der Waals surface area contributed by atoms with Crippen LogP contribution in [0.3, 0.4) is 0 Å². The van der Waals surface area contributed by atoms with Gasteiger partial charge in [0.2, 0.25) is 0 Å². The molecule has 0 spiro atoms. The average Bonchev–Trinajstić information content (AvgIpc) is 2.85. The molecular weight excluding hydrogens is 240 g/mol. The first kappa shape index (κ1) is 13.1. The zero-order valence-corrected chi connectivity index (χ0v) is 11.4. The van der Waals surface area contributed by atoms with Crippen LogP contribution in [0.5, 0.6) is 0 Å². The van der Waals surface area contributed by atoms with Crippen LogP contribution in [0, 0.1) is 5.92 Å². The van der Waals surface area contributed by atoms with Gasteiger partial charge in [-0.25, -0.2) is 0 Å². The van der Waals surface area contributed by atoms with Gasteiger partial charge in [0, 0.05) is 18.9 Å². The van der Waals surface area contributed by atoms with Crippen LogP contribution in [0.2, 0.25) is 0 Å². The Morgan fingerprint density at radius 2 is 2.11 bits per heavy atom. The SMILES string of the molecule is CC1OCCC1C(O)CC1OCCc2ccccc21. The molecule has 4 atom stereocenters. The fourth-order valence-electron chi connectivity index (χ4n) is 3.32. The van der Waals surface area contributed by atoms with Crippen LogP contribution in [0.25, 0.3) is 0 Å². The molecule has 2 aliphatic rings. The van der Waals surface area contributed by atoms with Gasteiger partial charge in [0.05, 0.1) is 24.9 Å². The van der Waals surface area contributed by atoms with E-state index in [1.807, 2.05) is 6.07 Å². The maximum Gasteiger partial charge on any atom is 0.0852 e. The molecule has 3 rings (SSSR count). The highest BCUT2D eigenvalue weighted by atomic mass is 16.5. The number of hydrogen-bond acceptors (Lipinski definition) is 3. The van der Waals surface area contributed by atoms with Gasteiger partial charge in [-0.3, -0.25) is 0 Å². The van der Waals surface area contributed by atoms with E-state index in [0.717, 1.165) is 26.1 Å². The van der Waals surface area contributed by atoms with Gasteiger partial charge in [0.15, 0.2) is 0 Å². The van der Waals surface area contributed by atoms with E-state index in [2.05, 4.69) is 25.1 Å².